The van der Waals surface area contributed by atoms with Crippen molar-refractivity contribution in [2.24, 2.45) is 0 Å². The van der Waals surface area contributed by atoms with Crippen molar-refractivity contribution in [3.8, 4) is 5.75 Å². The van der Waals surface area contributed by atoms with E-state index >= 15 is 0 Å². The number of nitrogens with one attached hydrogen (secondary N) is 1. The lowest BCUT2D eigenvalue weighted by Crippen LogP contribution is -2.25. The van der Waals surface area contributed by atoms with E-state index in [1.807, 2.05) is 4.90 Å². The third-order valence-electron chi connectivity index (χ3n) is 3.94. The van der Waals surface area contributed by atoms with E-state index in [0.717, 1.165) is 18.4 Å². The van der Waals surface area contributed by atoms with Crippen LogP contribution < -0.4 is 10.1 Å². The van der Waals surface area contributed by atoms with Gasteiger partial charge in [0.25, 0.3) is 5.91 Å². The molecule has 0 saturated heterocycles. The van der Waals surface area contributed by atoms with E-state index in [1.165, 1.54) is 0 Å². The van der Waals surface area contributed by atoms with Gasteiger partial charge in [0.1, 0.15) is 12.4 Å². The van der Waals surface area contributed by atoms with Gasteiger partial charge in [-0.2, -0.15) is 0 Å². The summed E-state index contributed by atoms with van der Waals surface area (Å²) in [6.07, 6.45) is 1.23. The summed E-state index contributed by atoms with van der Waals surface area (Å²) in [5.74, 6) is 0.591. The van der Waals surface area contributed by atoms with Crippen molar-refractivity contribution >= 4 is 12.0 Å². The maximum absolute atomic E-state index is 12.7. The smallest absolute Gasteiger partial charge is 0.404 e. The van der Waals surface area contributed by atoms with E-state index in [2.05, 4.69) is 5.32 Å². The first-order chi connectivity index (χ1) is 11.1. The topological polar surface area (TPSA) is 78.9 Å². The molecule has 1 aromatic rings. The Morgan fingerprint density at radius 2 is 2.26 bits per heavy atom. The van der Waals surface area contributed by atoms with E-state index < -0.39 is 6.09 Å². The normalized spacial score (nSPS) is 17.2. The highest BCUT2D eigenvalue weighted by atomic mass is 19.1. The number of amides is 2. The number of nitrogens with zero attached hydrogens (tertiary/aromatic N) is 1. The van der Waals surface area contributed by atoms with Crippen molar-refractivity contribution in [2.45, 2.75) is 25.4 Å². The summed E-state index contributed by atoms with van der Waals surface area (Å²) < 4.78 is 18.2. The molecule has 2 aliphatic rings. The monoisotopic (exact) mass is 320 g/mol. The second-order valence-corrected chi connectivity index (χ2v) is 5.70. The fraction of sp³-hybridized carbons (Fsp3) is 0.375. The van der Waals surface area contributed by atoms with Crippen LogP contribution in [-0.2, 0) is 6.54 Å². The van der Waals surface area contributed by atoms with E-state index in [9.17, 15) is 14.0 Å². The van der Waals surface area contributed by atoms with Gasteiger partial charge in [0.05, 0.1) is 6.33 Å². The minimum Gasteiger partial charge on any atom is -0.489 e. The fourth-order valence-electron chi connectivity index (χ4n) is 2.58. The van der Waals surface area contributed by atoms with Crippen LogP contribution in [0.25, 0.3) is 0 Å². The molecule has 1 saturated carbocycles. The average molecular weight is 320 g/mol. The molecule has 6 nitrogen and oxygen atoms in total. The molecule has 122 valence electrons. The highest BCUT2D eigenvalue weighted by Gasteiger charge is 2.38. The minimum atomic E-state index is -1.22. The van der Waals surface area contributed by atoms with Crippen LogP contribution in [0.2, 0.25) is 0 Å². The number of carbonyl (C=O) groups excluding carboxylic acids is 1. The van der Waals surface area contributed by atoms with Crippen molar-refractivity contribution in [3.05, 3.63) is 41.2 Å². The molecule has 3 rings (SSSR count). The van der Waals surface area contributed by atoms with Gasteiger partial charge in [-0.1, -0.05) is 0 Å². The summed E-state index contributed by atoms with van der Waals surface area (Å²) in [5, 5.41) is 10.6. The summed E-state index contributed by atoms with van der Waals surface area (Å²) in [4.78, 5) is 24.5. The first kappa shape index (κ1) is 15.3. The van der Waals surface area contributed by atoms with Crippen LogP contribution in [0.15, 0.2) is 30.1 Å². The Labute approximate surface area is 132 Å². The zero-order valence-electron chi connectivity index (χ0n) is 12.4. The van der Waals surface area contributed by atoms with Crippen molar-refractivity contribution in [2.75, 3.05) is 13.2 Å². The highest BCUT2D eigenvalue weighted by Crippen LogP contribution is 2.35. The maximum Gasteiger partial charge on any atom is 0.404 e. The van der Waals surface area contributed by atoms with Crippen molar-refractivity contribution in [1.82, 2.24) is 10.2 Å². The lowest BCUT2D eigenvalue weighted by molar-refractivity contribution is 0.0766. The molecule has 1 fully saturated rings. The molecule has 23 heavy (non-hydrogen) atoms. The number of benzene rings is 1. The van der Waals surface area contributed by atoms with Gasteiger partial charge in [0.15, 0.2) is 0 Å². The molecule has 0 unspecified atom stereocenters. The first-order valence-electron chi connectivity index (χ1n) is 7.40. The Bertz CT molecular complexity index is 670. The van der Waals surface area contributed by atoms with Gasteiger partial charge in [-0.25, -0.2) is 9.18 Å². The molecule has 0 radical (unpaired) electrons. The Kier molecular flexibility index (Phi) is 4.18. The van der Waals surface area contributed by atoms with Crippen LogP contribution in [-0.4, -0.2) is 41.2 Å². The highest BCUT2D eigenvalue weighted by molar-refractivity contribution is 5.98. The summed E-state index contributed by atoms with van der Waals surface area (Å²) in [7, 11) is 0. The Hall–Kier alpha value is -2.57. The largest absolute Gasteiger partial charge is 0.489 e. The molecule has 2 N–H and O–H groups in total. The molecule has 2 amide bonds. The van der Waals surface area contributed by atoms with Crippen LogP contribution >= 0.6 is 0 Å². The molecular weight excluding hydrogens is 303 g/mol. The van der Waals surface area contributed by atoms with Crippen LogP contribution in [0.4, 0.5) is 9.18 Å². The van der Waals surface area contributed by atoms with Gasteiger partial charge in [0, 0.05) is 30.3 Å². The van der Waals surface area contributed by atoms with E-state index in [-0.39, 0.29) is 24.6 Å². The number of rotatable bonds is 6. The SMILES string of the molecule is O=C(O)NC/C(=C/F)COc1ccc2c(c1)CN(C1CC1)C2=O. The molecule has 1 aliphatic heterocycles. The zero-order valence-corrected chi connectivity index (χ0v) is 12.4. The molecule has 0 spiro atoms. The summed E-state index contributed by atoms with van der Waals surface area (Å²) in [6.45, 7) is 0.392. The van der Waals surface area contributed by atoms with Crippen LogP contribution in [0, 0.1) is 0 Å². The molecule has 0 atom stereocenters. The molecule has 1 aliphatic carbocycles. The number of fused-ring (bicyclic) bond motifs is 1. The van der Waals surface area contributed by atoms with Gasteiger partial charge >= 0.3 is 6.09 Å². The lowest BCUT2D eigenvalue weighted by Gasteiger charge is -2.13. The lowest BCUT2D eigenvalue weighted by atomic mass is 10.1. The standard InChI is InChI=1S/C16H17FN2O4/c17-6-10(7-18-16(21)22)9-23-13-3-4-14-11(5-13)8-19(15(14)20)12-1-2-12/h3-6,12,18H,1-2,7-9H2,(H,21,22)/b10-6-. The second kappa shape index (κ2) is 6.28. The van der Waals surface area contributed by atoms with E-state index in [0.29, 0.717) is 30.2 Å². The molecule has 0 aromatic heterocycles. The van der Waals surface area contributed by atoms with Crippen molar-refractivity contribution in [1.29, 1.82) is 0 Å². The quantitative estimate of drug-likeness (QED) is 0.843. The molecular formula is C16H17FN2O4. The van der Waals surface area contributed by atoms with Crippen LogP contribution in [0.1, 0.15) is 28.8 Å². The number of hydrogen-bond donors (Lipinski definition) is 2. The number of hydrogen-bond acceptors (Lipinski definition) is 3. The van der Waals surface area contributed by atoms with Crippen molar-refractivity contribution in [3.63, 3.8) is 0 Å². The van der Waals surface area contributed by atoms with E-state index in [1.54, 1.807) is 18.2 Å². The van der Waals surface area contributed by atoms with Gasteiger partial charge in [-0.3, -0.25) is 4.79 Å². The van der Waals surface area contributed by atoms with Gasteiger partial charge in [-0.05, 0) is 36.6 Å². The zero-order chi connectivity index (χ0) is 16.4. The summed E-state index contributed by atoms with van der Waals surface area (Å²) in [5.41, 5.74) is 1.79. The van der Waals surface area contributed by atoms with Gasteiger partial charge in [0.2, 0.25) is 0 Å². The molecule has 7 heteroatoms. The number of ether oxygens (including phenoxy) is 1. The Balaban J connectivity index is 1.61. The van der Waals surface area contributed by atoms with Crippen LogP contribution in [0.5, 0.6) is 5.75 Å². The maximum atomic E-state index is 12.7. The van der Waals surface area contributed by atoms with E-state index in [4.69, 9.17) is 9.84 Å². The van der Waals surface area contributed by atoms with Crippen molar-refractivity contribution < 1.29 is 23.8 Å². The predicted octanol–water partition coefficient (Wildman–Crippen LogP) is 2.30. The summed E-state index contributed by atoms with van der Waals surface area (Å²) in [6, 6.07) is 5.55. The number of carboxylic acid groups (broad SMARTS) is 1. The minimum absolute atomic E-state index is 0.0593. The number of halogens is 1. The molecule has 0 bridgehead atoms. The Morgan fingerprint density at radius 3 is 2.91 bits per heavy atom. The third-order valence-corrected chi connectivity index (χ3v) is 3.94. The third kappa shape index (κ3) is 3.44. The average Bonchev–Trinajstić information content (AvgIpc) is 3.32. The summed E-state index contributed by atoms with van der Waals surface area (Å²) >= 11 is 0. The van der Waals surface area contributed by atoms with Gasteiger partial charge in [-0.15, -0.1) is 0 Å². The molecule has 1 heterocycles. The predicted molar refractivity (Wildman–Crippen MR) is 80.1 cm³/mol. The van der Waals surface area contributed by atoms with Gasteiger partial charge < -0.3 is 20.1 Å². The fourth-order valence-corrected chi connectivity index (χ4v) is 2.58. The Morgan fingerprint density at radius 1 is 1.48 bits per heavy atom. The number of carbonyl (C=O) groups is 2. The molecule has 1 aromatic carbocycles. The first-order valence-corrected chi connectivity index (χ1v) is 7.40. The second-order valence-electron chi connectivity index (χ2n) is 5.70. The van der Waals surface area contributed by atoms with Crippen LogP contribution in [0.3, 0.4) is 0 Å².